The maximum absolute atomic E-state index is 6.63. The van der Waals surface area contributed by atoms with Crippen LogP contribution in [0.5, 0.6) is 0 Å². The highest BCUT2D eigenvalue weighted by atomic mass is 16.3. The van der Waals surface area contributed by atoms with Crippen LogP contribution < -0.4 is 19.6 Å². The molecule has 26 rings (SSSR count). The summed E-state index contributed by atoms with van der Waals surface area (Å²) in [7, 11) is 0. The van der Waals surface area contributed by atoms with Gasteiger partial charge in [0.2, 0.25) is 0 Å². The SMILES string of the molecule is c1ccc2c(c1)oc1ccc(-c3ccc(N(c4ccc(-c5cccc6c5oc5ccccc56)cc4)c4ccc(N(c5ccc(N(c6ccc(-c7ccc8oc9ccccc9c8c7)cc6)c6ccc(-c7cccc8c7oc7ccccc78)cc6)cc5)c5ccc(N(c6ccc(-c7cccc8c7oc7ccccc78)cc6)c6ccc7oc8ccccc8c7c6)cc5)cc4)cc3)cc12. The van der Waals surface area contributed by atoms with E-state index in [9.17, 15) is 0 Å². The number of hydrogen-bond donors (Lipinski definition) is 0. The maximum Gasteiger partial charge on any atom is 0.143 e. The molecule has 0 aliphatic rings. The third-order valence-corrected chi connectivity index (χ3v) is 25.9. The van der Waals surface area contributed by atoms with E-state index < -0.39 is 0 Å². The Balaban J connectivity index is 0.608. The Hall–Kier alpha value is -17.6. The fourth-order valence-corrected chi connectivity index (χ4v) is 19.6. The van der Waals surface area contributed by atoms with Crippen LogP contribution in [0.3, 0.4) is 0 Å². The standard InChI is InChI=1S/C120H74N4O6/c1-10-31-112-97(16-1)103-25-13-22-94(118(103)128-112)77-38-50-84(51-39-77)121(82-46-34-75(35-47-82)80-44-69-115-106(72-80)100-19-4-7-28-109(100)125-115)87-56-60-89(61-57-87)123(91-64-66-92(67-65-91)124(93-68-71-117-108(74-93)102-21-6-9-30-111(102)127-117)86-54-42-79(43-55-86)96-24-15-27-105-99-18-3-12-33-114(99)130-120(96)105)90-62-58-88(59-63-90)122(83-48-36-76(37-49-83)81-45-70-116-107(73-81)101-20-5-8-29-110(101)126-116)85-52-40-78(41-53-85)95-23-14-26-104-98-17-2-11-32-113(98)129-119(95)104/h1-74H. The Bertz CT molecular complexity index is 8550. The van der Waals surface area contributed by atoms with Gasteiger partial charge in [-0.15, -0.1) is 0 Å². The van der Waals surface area contributed by atoms with Gasteiger partial charge in [-0.25, -0.2) is 0 Å². The second kappa shape index (κ2) is 30.1. The molecule has 0 aliphatic heterocycles. The zero-order chi connectivity index (χ0) is 85.4. The number of fused-ring (bicyclic) bond motifs is 18. The fraction of sp³-hybridized carbons (Fsp3) is 0. The van der Waals surface area contributed by atoms with E-state index >= 15 is 0 Å². The van der Waals surface area contributed by atoms with Crippen molar-refractivity contribution in [1.82, 2.24) is 0 Å². The van der Waals surface area contributed by atoms with E-state index in [2.05, 4.69) is 396 Å². The number of para-hydroxylation sites is 9. The average molecular weight is 1670 g/mol. The predicted molar refractivity (Wildman–Crippen MR) is 536 cm³/mol. The third-order valence-electron chi connectivity index (χ3n) is 25.9. The van der Waals surface area contributed by atoms with Gasteiger partial charge in [-0.3, -0.25) is 0 Å². The fourth-order valence-electron chi connectivity index (χ4n) is 19.6. The van der Waals surface area contributed by atoms with Crippen molar-refractivity contribution in [3.63, 3.8) is 0 Å². The first-order chi connectivity index (χ1) is 64.4. The molecule has 0 aliphatic carbocycles. The third kappa shape index (κ3) is 12.5. The number of rotatable bonds is 17. The van der Waals surface area contributed by atoms with Gasteiger partial charge in [0.15, 0.2) is 0 Å². The lowest BCUT2D eigenvalue weighted by Crippen LogP contribution is -2.14. The number of nitrogens with zero attached hydrogens (tertiary/aromatic N) is 4. The van der Waals surface area contributed by atoms with Crippen molar-refractivity contribution in [1.29, 1.82) is 0 Å². The van der Waals surface area contributed by atoms with Crippen LogP contribution in [0.2, 0.25) is 0 Å². The molecule has 6 aromatic heterocycles. The van der Waals surface area contributed by atoms with Gasteiger partial charge < -0.3 is 46.1 Å². The number of benzene rings is 20. The minimum atomic E-state index is 0.823. The first-order valence-electron chi connectivity index (χ1n) is 43.9. The quantitative estimate of drug-likeness (QED) is 0.0878. The van der Waals surface area contributed by atoms with E-state index in [1.165, 1.54) is 0 Å². The Labute approximate surface area is 745 Å². The molecule has 0 amide bonds. The van der Waals surface area contributed by atoms with Crippen LogP contribution in [0, 0.1) is 0 Å². The minimum Gasteiger partial charge on any atom is -0.456 e. The molecule has 0 unspecified atom stereocenters. The summed E-state index contributed by atoms with van der Waals surface area (Å²) in [5.41, 5.74) is 32.6. The van der Waals surface area contributed by atoms with Crippen molar-refractivity contribution in [3.05, 3.63) is 449 Å². The molecule has 10 nitrogen and oxygen atoms in total. The molecule has 0 N–H and O–H groups in total. The first-order valence-corrected chi connectivity index (χ1v) is 43.9. The topological polar surface area (TPSA) is 91.8 Å². The van der Waals surface area contributed by atoms with Crippen LogP contribution in [0.4, 0.5) is 68.2 Å². The molecule has 0 fully saturated rings. The summed E-state index contributed by atoms with van der Waals surface area (Å²) in [4.78, 5) is 9.38. The molecule has 0 radical (unpaired) electrons. The van der Waals surface area contributed by atoms with Crippen LogP contribution >= 0.6 is 0 Å². The Morgan fingerprint density at radius 2 is 0.300 bits per heavy atom. The van der Waals surface area contributed by atoms with Crippen molar-refractivity contribution >= 4 is 200 Å². The highest BCUT2D eigenvalue weighted by Crippen LogP contribution is 2.49. The zero-order valence-corrected chi connectivity index (χ0v) is 70.0. The summed E-state index contributed by atoms with van der Waals surface area (Å²) in [5.74, 6) is 0. The van der Waals surface area contributed by atoms with Crippen LogP contribution in [0.1, 0.15) is 0 Å². The lowest BCUT2D eigenvalue weighted by molar-refractivity contribution is 0.668. The molecular weight excluding hydrogens is 1590 g/mol. The van der Waals surface area contributed by atoms with E-state index in [0.29, 0.717) is 0 Å². The molecular formula is C120H74N4O6. The Morgan fingerprint density at radius 1 is 0.115 bits per heavy atom. The Morgan fingerprint density at radius 3 is 0.577 bits per heavy atom. The van der Waals surface area contributed by atoms with E-state index in [-0.39, 0.29) is 0 Å². The summed E-state index contributed by atoms with van der Waals surface area (Å²) < 4.78 is 39.0. The summed E-state index contributed by atoms with van der Waals surface area (Å²) >= 11 is 0. The van der Waals surface area contributed by atoms with Crippen LogP contribution in [0.15, 0.2) is 475 Å². The number of furan rings is 6. The van der Waals surface area contributed by atoms with Crippen molar-refractivity contribution in [3.8, 4) is 55.6 Å². The smallest absolute Gasteiger partial charge is 0.143 e. The minimum absolute atomic E-state index is 0.823. The molecule has 0 bridgehead atoms. The maximum atomic E-state index is 6.63. The summed E-state index contributed by atoms with van der Waals surface area (Å²) in [6.07, 6.45) is 0. The molecule has 0 saturated heterocycles. The van der Waals surface area contributed by atoms with Gasteiger partial charge in [0.1, 0.15) is 67.0 Å². The average Bonchev–Trinajstić information content (AvgIpc) is 1.04. The first kappa shape index (κ1) is 73.9. The zero-order valence-electron chi connectivity index (χ0n) is 70.0. The lowest BCUT2D eigenvalue weighted by Gasteiger charge is -2.30. The highest BCUT2D eigenvalue weighted by Gasteiger charge is 2.25. The molecule has 610 valence electrons. The van der Waals surface area contributed by atoms with Gasteiger partial charge in [-0.05, 0) is 251 Å². The van der Waals surface area contributed by atoms with Crippen molar-refractivity contribution < 1.29 is 26.5 Å². The summed E-state index contributed by atoms with van der Waals surface area (Å²) in [5, 5.41) is 13.0. The van der Waals surface area contributed by atoms with Crippen LogP contribution in [-0.4, -0.2) is 0 Å². The molecule has 26 aromatic rings. The van der Waals surface area contributed by atoms with Gasteiger partial charge in [0.25, 0.3) is 0 Å². The van der Waals surface area contributed by atoms with Gasteiger partial charge in [-0.2, -0.15) is 0 Å². The highest BCUT2D eigenvalue weighted by molar-refractivity contribution is 6.14. The lowest BCUT2D eigenvalue weighted by atomic mass is 10.0. The van der Waals surface area contributed by atoms with E-state index in [1.54, 1.807) is 0 Å². The second-order valence-corrected chi connectivity index (χ2v) is 33.4. The van der Waals surface area contributed by atoms with Crippen molar-refractivity contribution in [2.45, 2.75) is 0 Å². The summed E-state index contributed by atoms with van der Waals surface area (Å²) in [6, 6.07) is 160. The van der Waals surface area contributed by atoms with Gasteiger partial charge in [-0.1, -0.05) is 237 Å². The number of hydrogen-bond acceptors (Lipinski definition) is 10. The second-order valence-electron chi connectivity index (χ2n) is 33.4. The monoisotopic (exact) mass is 1670 g/mol. The largest absolute Gasteiger partial charge is 0.456 e. The van der Waals surface area contributed by atoms with Crippen LogP contribution in [-0.2, 0) is 0 Å². The molecule has 0 spiro atoms. The molecule has 0 saturated carbocycles. The molecule has 130 heavy (non-hydrogen) atoms. The Kier molecular flexibility index (Phi) is 17.1. The van der Waals surface area contributed by atoms with Gasteiger partial charge >= 0.3 is 0 Å². The predicted octanol–water partition coefficient (Wildman–Crippen LogP) is 35.3. The molecule has 10 heteroatoms. The van der Waals surface area contributed by atoms with Gasteiger partial charge in [0.05, 0.1) is 0 Å². The van der Waals surface area contributed by atoms with E-state index in [4.69, 9.17) is 26.5 Å². The van der Waals surface area contributed by atoms with Gasteiger partial charge in [0, 0.05) is 150 Å². The van der Waals surface area contributed by atoms with Crippen molar-refractivity contribution in [2.24, 2.45) is 0 Å². The summed E-state index contributed by atoms with van der Waals surface area (Å²) in [6.45, 7) is 0. The van der Waals surface area contributed by atoms with Crippen molar-refractivity contribution in [2.75, 3.05) is 19.6 Å². The van der Waals surface area contributed by atoms with E-state index in [1.807, 2.05) is 72.8 Å². The number of anilines is 12. The van der Waals surface area contributed by atoms with Crippen LogP contribution in [0.25, 0.3) is 187 Å². The molecule has 0 atom stereocenters. The van der Waals surface area contributed by atoms with E-state index in [0.717, 1.165) is 256 Å². The normalized spacial score (nSPS) is 11.8. The molecule has 20 aromatic carbocycles. The molecule has 6 heterocycles.